The van der Waals surface area contributed by atoms with Gasteiger partial charge in [-0.2, -0.15) is 8.42 Å². The van der Waals surface area contributed by atoms with Crippen LogP contribution in [0.2, 0.25) is 0 Å². The maximum atomic E-state index is 11.7. The molecule has 3 nitrogen and oxygen atoms in total. The van der Waals surface area contributed by atoms with E-state index < -0.39 is 10.1 Å². The summed E-state index contributed by atoms with van der Waals surface area (Å²) in [5, 5.41) is 0. The van der Waals surface area contributed by atoms with Gasteiger partial charge in [-0.25, -0.2) is 0 Å². The van der Waals surface area contributed by atoms with Crippen molar-refractivity contribution < 1.29 is 12.6 Å². The molecule has 0 fully saturated rings. The Morgan fingerprint density at radius 1 is 1.11 bits per heavy atom. The summed E-state index contributed by atoms with van der Waals surface area (Å²) in [7, 11) is -3.47. The van der Waals surface area contributed by atoms with E-state index in [0.29, 0.717) is 18.1 Å². The van der Waals surface area contributed by atoms with Gasteiger partial charge in [0.1, 0.15) is 5.75 Å². The highest BCUT2D eigenvalue weighted by Gasteiger charge is 2.12. The van der Waals surface area contributed by atoms with Crippen LogP contribution in [0.1, 0.15) is 38.2 Å². The third-order valence-corrected chi connectivity index (χ3v) is 4.09. The minimum absolute atomic E-state index is 0.0737. The van der Waals surface area contributed by atoms with Crippen LogP contribution in [0.4, 0.5) is 0 Å². The zero-order valence-electron chi connectivity index (χ0n) is 10.6. The van der Waals surface area contributed by atoms with Crippen LogP contribution < -0.4 is 4.18 Å². The minimum atomic E-state index is -3.47. The molecule has 0 N–H and O–H groups in total. The molecule has 1 rings (SSSR count). The monoisotopic (exact) mass is 290 g/mol. The van der Waals surface area contributed by atoms with Crippen LogP contribution in [0, 0.1) is 0 Å². The van der Waals surface area contributed by atoms with E-state index in [0.717, 1.165) is 24.8 Å². The lowest BCUT2D eigenvalue weighted by molar-refractivity contribution is 0.482. The van der Waals surface area contributed by atoms with Crippen molar-refractivity contribution >= 4 is 21.7 Å². The summed E-state index contributed by atoms with van der Waals surface area (Å²) in [6.07, 6.45) is 3.71. The Labute approximate surface area is 114 Å². The standard InChI is InChI=1S/C13H19ClO3S/c1-2-3-4-5-10-18(15,16)17-13-8-6-12(11-14)7-9-13/h6-9H,2-5,10-11H2,1H3. The first kappa shape index (κ1) is 15.3. The molecule has 18 heavy (non-hydrogen) atoms. The van der Waals surface area contributed by atoms with Crippen molar-refractivity contribution in [3.8, 4) is 5.75 Å². The Bertz CT molecular complexity index is 440. The highest BCUT2D eigenvalue weighted by Crippen LogP contribution is 2.16. The molecular weight excluding hydrogens is 272 g/mol. The summed E-state index contributed by atoms with van der Waals surface area (Å²) in [5.74, 6) is 0.827. The maximum absolute atomic E-state index is 11.7. The first-order chi connectivity index (χ1) is 8.57. The van der Waals surface area contributed by atoms with Crippen LogP contribution in [0.15, 0.2) is 24.3 Å². The third kappa shape index (κ3) is 5.74. The summed E-state index contributed by atoms with van der Waals surface area (Å²) in [5.41, 5.74) is 0.935. The number of rotatable bonds is 8. The molecule has 1 aromatic rings. The highest BCUT2D eigenvalue weighted by atomic mass is 35.5. The van der Waals surface area contributed by atoms with Crippen molar-refractivity contribution in [3.05, 3.63) is 29.8 Å². The molecule has 0 aliphatic carbocycles. The lowest BCUT2D eigenvalue weighted by atomic mass is 10.2. The third-order valence-electron chi connectivity index (χ3n) is 2.55. The second-order valence-electron chi connectivity index (χ2n) is 4.18. The largest absolute Gasteiger partial charge is 0.382 e. The van der Waals surface area contributed by atoms with Gasteiger partial charge >= 0.3 is 10.1 Å². The van der Waals surface area contributed by atoms with E-state index in [1.165, 1.54) is 0 Å². The Morgan fingerprint density at radius 3 is 2.33 bits per heavy atom. The van der Waals surface area contributed by atoms with E-state index in [1.807, 2.05) is 0 Å². The molecule has 0 unspecified atom stereocenters. The van der Waals surface area contributed by atoms with E-state index in [2.05, 4.69) is 6.92 Å². The molecule has 0 aromatic heterocycles. The van der Waals surface area contributed by atoms with E-state index in [4.69, 9.17) is 15.8 Å². The van der Waals surface area contributed by atoms with E-state index >= 15 is 0 Å². The zero-order valence-corrected chi connectivity index (χ0v) is 12.1. The van der Waals surface area contributed by atoms with Gasteiger partial charge in [0.25, 0.3) is 0 Å². The number of halogens is 1. The number of unbranched alkanes of at least 4 members (excludes halogenated alkanes) is 3. The Hall–Kier alpha value is -0.740. The van der Waals surface area contributed by atoms with Crippen molar-refractivity contribution in [1.29, 1.82) is 0 Å². The summed E-state index contributed by atoms with van der Waals surface area (Å²) >= 11 is 5.65. The van der Waals surface area contributed by atoms with Crippen LogP contribution in [0.3, 0.4) is 0 Å². The number of alkyl halides is 1. The molecule has 0 radical (unpaired) electrons. The van der Waals surface area contributed by atoms with Crippen LogP contribution in [-0.2, 0) is 16.0 Å². The quantitative estimate of drug-likeness (QED) is 0.416. The van der Waals surface area contributed by atoms with Gasteiger partial charge in [0.2, 0.25) is 0 Å². The number of benzene rings is 1. The Balaban J connectivity index is 2.48. The van der Waals surface area contributed by atoms with E-state index in [9.17, 15) is 8.42 Å². The fraction of sp³-hybridized carbons (Fsp3) is 0.538. The topological polar surface area (TPSA) is 43.4 Å². The van der Waals surface area contributed by atoms with Crippen LogP contribution in [0.25, 0.3) is 0 Å². The second kappa shape index (κ2) is 7.64. The predicted octanol–water partition coefficient (Wildman–Crippen LogP) is 3.71. The van der Waals surface area contributed by atoms with Crippen LogP contribution >= 0.6 is 11.6 Å². The summed E-state index contributed by atoms with van der Waals surface area (Å²) in [6, 6.07) is 6.77. The molecular formula is C13H19ClO3S. The zero-order chi connectivity index (χ0) is 13.4. The average molecular weight is 291 g/mol. The van der Waals surface area contributed by atoms with Gasteiger partial charge in [0, 0.05) is 5.88 Å². The van der Waals surface area contributed by atoms with Crippen molar-refractivity contribution in [2.24, 2.45) is 0 Å². The molecule has 0 saturated heterocycles. The van der Waals surface area contributed by atoms with Gasteiger partial charge in [0.05, 0.1) is 5.75 Å². The molecule has 0 aliphatic heterocycles. The average Bonchev–Trinajstić information content (AvgIpc) is 2.35. The molecule has 0 atom stereocenters. The van der Waals surface area contributed by atoms with E-state index in [-0.39, 0.29) is 5.75 Å². The van der Waals surface area contributed by atoms with Crippen molar-refractivity contribution in [2.75, 3.05) is 5.75 Å². The maximum Gasteiger partial charge on any atom is 0.309 e. The molecule has 102 valence electrons. The number of hydrogen-bond acceptors (Lipinski definition) is 3. The predicted molar refractivity (Wildman–Crippen MR) is 74.6 cm³/mol. The fourth-order valence-electron chi connectivity index (χ4n) is 1.53. The molecule has 1 aromatic carbocycles. The molecule has 5 heteroatoms. The van der Waals surface area contributed by atoms with Gasteiger partial charge in [-0.1, -0.05) is 38.3 Å². The lowest BCUT2D eigenvalue weighted by Crippen LogP contribution is -2.13. The first-order valence-electron chi connectivity index (χ1n) is 6.14. The van der Waals surface area contributed by atoms with Crippen molar-refractivity contribution in [3.63, 3.8) is 0 Å². The summed E-state index contributed by atoms with van der Waals surface area (Å²) < 4.78 is 28.3. The van der Waals surface area contributed by atoms with Crippen molar-refractivity contribution in [1.82, 2.24) is 0 Å². The fourth-order valence-corrected chi connectivity index (χ4v) is 2.75. The molecule has 0 spiro atoms. The number of hydrogen-bond donors (Lipinski definition) is 0. The lowest BCUT2D eigenvalue weighted by Gasteiger charge is -2.07. The van der Waals surface area contributed by atoms with Gasteiger partial charge in [-0.15, -0.1) is 11.6 Å². The van der Waals surface area contributed by atoms with Crippen LogP contribution in [-0.4, -0.2) is 14.2 Å². The van der Waals surface area contributed by atoms with Gasteiger partial charge in [-0.3, -0.25) is 0 Å². The second-order valence-corrected chi connectivity index (χ2v) is 6.14. The van der Waals surface area contributed by atoms with Crippen molar-refractivity contribution in [2.45, 2.75) is 38.5 Å². The molecule has 0 heterocycles. The SMILES string of the molecule is CCCCCCS(=O)(=O)Oc1ccc(CCl)cc1. The molecule has 0 saturated carbocycles. The molecule has 0 amide bonds. The smallest absolute Gasteiger partial charge is 0.309 e. The van der Waals surface area contributed by atoms with Crippen LogP contribution in [0.5, 0.6) is 5.75 Å². The molecule has 0 bridgehead atoms. The van der Waals surface area contributed by atoms with Gasteiger partial charge < -0.3 is 4.18 Å². The van der Waals surface area contributed by atoms with Gasteiger partial charge in [-0.05, 0) is 24.1 Å². The Morgan fingerprint density at radius 2 is 1.78 bits per heavy atom. The normalized spacial score (nSPS) is 11.4. The Kier molecular flexibility index (Phi) is 6.50. The van der Waals surface area contributed by atoms with E-state index in [1.54, 1.807) is 24.3 Å². The molecule has 0 aliphatic rings. The van der Waals surface area contributed by atoms with Gasteiger partial charge in [0.15, 0.2) is 0 Å². The minimum Gasteiger partial charge on any atom is -0.382 e. The summed E-state index contributed by atoms with van der Waals surface area (Å²) in [6.45, 7) is 2.09. The highest BCUT2D eigenvalue weighted by molar-refractivity contribution is 7.87. The summed E-state index contributed by atoms with van der Waals surface area (Å²) in [4.78, 5) is 0. The first-order valence-corrected chi connectivity index (χ1v) is 8.25.